The van der Waals surface area contributed by atoms with E-state index in [1.807, 2.05) is 18.2 Å². The molecule has 3 aromatic rings. The summed E-state index contributed by atoms with van der Waals surface area (Å²) in [5, 5.41) is 7.99. The van der Waals surface area contributed by atoms with Crippen LogP contribution in [0.4, 0.5) is 14.5 Å². The van der Waals surface area contributed by atoms with E-state index in [4.69, 9.17) is 11.6 Å². The maximum Gasteiger partial charge on any atom is 0.290 e. The van der Waals surface area contributed by atoms with Crippen LogP contribution in [-0.2, 0) is 12.3 Å². The van der Waals surface area contributed by atoms with E-state index in [0.29, 0.717) is 27.4 Å². The Morgan fingerprint density at radius 3 is 2.69 bits per heavy atom. The fourth-order valence-electron chi connectivity index (χ4n) is 4.90. The van der Waals surface area contributed by atoms with E-state index >= 15 is 0 Å². The van der Waals surface area contributed by atoms with E-state index in [1.54, 1.807) is 30.3 Å². The highest BCUT2D eigenvalue weighted by Crippen LogP contribution is 2.46. The highest BCUT2D eigenvalue weighted by atomic mass is 35.5. The number of amides is 1. The molecule has 1 aromatic heterocycles. The van der Waals surface area contributed by atoms with Gasteiger partial charge in [-0.3, -0.25) is 4.79 Å². The van der Waals surface area contributed by atoms with Crippen LogP contribution in [0.25, 0.3) is 10.9 Å². The summed E-state index contributed by atoms with van der Waals surface area (Å²) in [6, 6.07) is 14.4. The number of alkyl halides is 2. The van der Waals surface area contributed by atoms with Crippen molar-refractivity contribution in [2.75, 3.05) is 5.32 Å². The first-order valence-electron chi connectivity index (χ1n) is 11.0. The van der Waals surface area contributed by atoms with Gasteiger partial charge in [0.2, 0.25) is 0 Å². The van der Waals surface area contributed by atoms with Crippen molar-refractivity contribution in [2.24, 2.45) is 0 Å². The topological polar surface area (TPSA) is 54.0 Å². The number of halogens is 3. The number of carbonyl (C=O) groups is 1. The van der Waals surface area contributed by atoms with Gasteiger partial charge in [0.15, 0.2) is 0 Å². The molecule has 2 aliphatic carbocycles. The normalized spacial score (nSPS) is 21.8. The van der Waals surface area contributed by atoms with E-state index in [1.165, 1.54) is 0 Å². The lowest BCUT2D eigenvalue weighted by Crippen LogP contribution is -2.42. The van der Waals surface area contributed by atoms with Crippen molar-refractivity contribution in [1.82, 2.24) is 10.3 Å². The van der Waals surface area contributed by atoms with E-state index in [0.717, 1.165) is 31.1 Å². The molecule has 2 atom stereocenters. The molecule has 1 saturated carbocycles. The number of pyridine rings is 1. The quantitative estimate of drug-likeness (QED) is 0.501. The molecule has 2 aromatic carbocycles. The molecule has 1 amide bonds. The minimum absolute atomic E-state index is 0.0279. The SMILES string of the molecule is O=C(N[C@@H]1CCC[C@H](Nc2c3c(nc4ccc(Cl)cc24)C(F)(F)CC3)C1)c1ccccc1. The van der Waals surface area contributed by atoms with Crippen molar-refractivity contribution in [3.8, 4) is 0 Å². The highest BCUT2D eigenvalue weighted by Gasteiger charge is 2.43. The first-order valence-corrected chi connectivity index (χ1v) is 11.4. The van der Waals surface area contributed by atoms with Crippen molar-refractivity contribution >= 4 is 34.1 Å². The first kappa shape index (κ1) is 21.1. The average Bonchev–Trinajstić information content (AvgIpc) is 3.09. The second kappa shape index (κ2) is 8.32. The average molecular weight is 456 g/mol. The van der Waals surface area contributed by atoms with Crippen molar-refractivity contribution < 1.29 is 13.6 Å². The third-order valence-electron chi connectivity index (χ3n) is 6.48. The van der Waals surface area contributed by atoms with E-state index in [-0.39, 0.29) is 36.5 Å². The largest absolute Gasteiger partial charge is 0.381 e. The molecule has 32 heavy (non-hydrogen) atoms. The zero-order valence-corrected chi connectivity index (χ0v) is 18.3. The van der Waals surface area contributed by atoms with Gasteiger partial charge in [-0.1, -0.05) is 29.8 Å². The number of hydrogen-bond donors (Lipinski definition) is 2. The molecule has 2 N–H and O–H groups in total. The predicted molar refractivity (Wildman–Crippen MR) is 123 cm³/mol. The van der Waals surface area contributed by atoms with Crippen LogP contribution in [-0.4, -0.2) is 23.0 Å². The van der Waals surface area contributed by atoms with Gasteiger partial charge in [-0.15, -0.1) is 0 Å². The number of carbonyl (C=O) groups excluding carboxylic acids is 1. The molecule has 166 valence electrons. The summed E-state index contributed by atoms with van der Waals surface area (Å²) in [4.78, 5) is 16.9. The van der Waals surface area contributed by atoms with Crippen LogP contribution < -0.4 is 10.6 Å². The van der Waals surface area contributed by atoms with Gasteiger partial charge >= 0.3 is 0 Å². The van der Waals surface area contributed by atoms with Crippen LogP contribution >= 0.6 is 11.6 Å². The van der Waals surface area contributed by atoms with Crippen molar-refractivity contribution in [2.45, 2.75) is 56.5 Å². The van der Waals surface area contributed by atoms with Crippen LogP contribution in [0.1, 0.15) is 53.7 Å². The summed E-state index contributed by atoms with van der Waals surface area (Å²) in [6.45, 7) is 0. The van der Waals surface area contributed by atoms with Crippen molar-refractivity contribution in [1.29, 1.82) is 0 Å². The predicted octanol–water partition coefficient (Wildman–Crippen LogP) is 6.08. The summed E-state index contributed by atoms with van der Waals surface area (Å²) in [5.41, 5.74) is 2.32. The van der Waals surface area contributed by atoms with Gasteiger partial charge in [-0.2, -0.15) is 8.78 Å². The van der Waals surface area contributed by atoms with Crippen LogP contribution in [0.15, 0.2) is 48.5 Å². The molecular weight excluding hydrogens is 432 g/mol. The van der Waals surface area contributed by atoms with E-state index in [9.17, 15) is 13.6 Å². The van der Waals surface area contributed by atoms with Crippen LogP contribution in [0.3, 0.4) is 0 Å². The number of nitrogens with zero attached hydrogens (tertiary/aromatic N) is 1. The molecule has 2 aliphatic rings. The molecule has 0 spiro atoms. The summed E-state index contributed by atoms with van der Waals surface area (Å²) < 4.78 is 29.0. The fourth-order valence-corrected chi connectivity index (χ4v) is 5.07. The summed E-state index contributed by atoms with van der Waals surface area (Å²) >= 11 is 6.23. The molecule has 0 saturated heterocycles. The molecular formula is C25H24ClF2N3O. The minimum Gasteiger partial charge on any atom is -0.381 e. The third-order valence-corrected chi connectivity index (χ3v) is 6.71. The Bertz CT molecular complexity index is 1170. The number of aromatic nitrogens is 1. The maximum atomic E-state index is 14.5. The van der Waals surface area contributed by atoms with Gasteiger partial charge in [-0.05, 0) is 62.4 Å². The fraction of sp³-hybridized carbons (Fsp3) is 0.360. The summed E-state index contributed by atoms with van der Waals surface area (Å²) in [5.74, 6) is -3.00. The maximum absolute atomic E-state index is 14.5. The number of benzene rings is 2. The Hall–Kier alpha value is -2.73. The van der Waals surface area contributed by atoms with E-state index in [2.05, 4.69) is 15.6 Å². The lowest BCUT2D eigenvalue weighted by atomic mass is 9.90. The van der Waals surface area contributed by atoms with Gasteiger partial charge in [0.1, 0.15) is 5.69 Å². The number of nitrogens with one attached hydrogen (secondary N) is 2. The molecule has 5 rings (SSSR count). The summed E-state index contributed by atoms with van der Waals surface area (Å²) in [7, 11) is 0. The van der Waals surface area contributed by atoms with E-state index < -0.39 is 5.92 Å². The Labute approximate surface area is 190 Å². The number of fused-ring (bicyclic) bond motifs is 2. The van der Waals surface area contributed by atoms with Crippen LogP contribution in [0.5, 0.6) is 0 Å². The molecule has 0 bridgehead atoms. The van der Waals surface area contributed by atoms with Crippen LogP contribution in [0.2, 0.25) is 5.02 Å². The van der Waals surface area contributed by atoms with Gasteiger partial charge in [-0.25, -0.2) is 4.98 Å². The second-order valence-electron chi connectivity index (χ2n) is 8.72. The molecule has 0 unspecified atom stereocenters. The zero-order chi connectivity index (χ0) is 22.3. The van der Waals surface area contributed by atoms with Crippen LogP contribution in [0, 0.1) is 0 Å². The molecule has 0 radical (unpaired) electrons. The van der Waals surface area contributed by atoms with Gasteiger partial charge in [0, 0.05) is 45.7 Å². The highest BCUT2D eigenvalue weighted by molar-refractivity contribution is 6.31. The Kier molecular flexibility index (Phi) is 5.49. The number of rotatable bonds is 4. The Morgan fingerprint density at radius 1 is 1.09 bits per heavy atom. The Balaban J connectivity index is 1.40. The second-order valence-corrected chi connectivity index (χ2v) is 9.16. The standard InChI is InChI=1S/C25H24ClF2N3O/c26-16-9-10-21-20(13-16)22(19-11-12-25(27,28)23(19)31-21)29-17-7-4-8-18(14-17)30-24(32)15-5-2-1-3-6-15/h1-3,5-6,9-10,13,17-18H,4,7-8,11-12,14H2,(H,29,31)(H,30,32)/t17-,18+/m0/s1. The van der Waals surface area contributed by atoms with Gasteiger partial charge in [0.05, 0.1) is 5.52 Å². The lowest BCUT2D eigenvalue weighted by molar-refractivity contribution is -0.00567. The minimum atomic E-state index is -2.92. The zero-order valence-electron chi connectivity index (χ0n) is 17.5. The van der Waals surface area contributed by atoms with Gasteiger partial charge in [0.25, 0.3) is 11.8 Å². The molecule has 0 aliphatic heterocycles. The Morgan fingerprint density at radius 2 is 1.88 bits per heavy atom. The smallest absolute Gasteiger partial charge is 0.290 e. The van der Waals surface area contributed by atoms with Gasteiger partial charge < -0.3 is 10.6 Å². The number of anilines is 1. The molecule has 1 heterocycles. The molecule has 1 fully saturated rings. The number of hydrogen-bond acceptors (Lipinski definition) is 3. The summed E-state index contributed by atoms with van der Waals surface area (Å²) in [6.07, 6.45) is 3.53. The monoisotopic (exact) mass is 455 g/mol. The van der Waals surface area contributed by atoms with Crippen molar-refractivity contribution in [3.63, 3.8) is 0 Å². The third kappa shape index (κ3) is 4.04. The molecule has 4 nitrogen and oxygen atoms in total. The lowest BCUT2D eigenvalue weighted by Gasteiger charge is -2.32. The molecule has 7 heteroatoms. The first-order chi connectivity index (χ1) is 15.4. The van der Waals surface area contributed by atoms with Crippen molar-refractivity contribution in [3.05, 3.63) is 70.4 Å².